The van der Waals surface area contributed by atoms with Crippen LogP contribution in [0.3, 0.4) is 0 Å². The van der Waals surface area contributed by atoms with Crippen LogP contribution in [0, 0.1) is 0 Å². The maximum Gasteiger partial charge on any atom is 0.0473 e. The van der Waals surface area contributed by atoms with Gasteiger partial charge in [-0.3, -0.25) is 4.98 Å². The highest BCUT2D eigenvalue weighted by atomic mass is 35.5. The van der Waals surface area contributed by atoms with Crippen LogP contribution in [0.4, 0.5) is 0 Å². The molecule has 0 aromatic carbocycles. The summed E-state index contributed by atoms with van der Waals surface area (Å²) in [6.07, 6.45) is 3.53. The number of hydrogen-bond acceptors (Lipinski definition) is 1. The van der Waals surface area contributed by atoms with E-state index in [1.54, 1.807) is 6.20 Å². The number of nitrogens with zero attached hydrogens (tertiary/aromatic N) is 1. The molecule has 2 heteroatoms. The molecule has 60 valence electrons. The molecule has 0 amide bonds. The van der Waals surface area contributed by atoms with Crippen LogP contribution in [0.2, 0.25) is 5.02 Å². The van der Waals surface area contributed by atoms with Crippen molar-refractivity contribution < 1.29 is 0 Å². The summed E-state index contributed by atoms with van der Waals surface area (Å²) in [7, 11) is 0. The number of halogens is 1. The van der Waals surface area contributed by atoms with Crippen molar-refractivity contribution in [1.82, 2.24) is 4.98 Å². The maximum absolute atomic E-state index is 5.97. The molecule has 0 fully saturated rings. The molecule has 1 aromatic heterocycles. The lowest BCUT2D eigenvalue weighted by atomic mass is 9.88. The van der Waals surface area contributed by atoms with Gasteiger partial charge in [0.05, 0.1) is 0 Å². The molecule has 0 unspecified atom stereocenters. The molecule has 1 aromatic rings. The minimum atomic E-state index is 0.0886. The van der Waals surface area contributed by atoms with E-state index < -0.39 is 0 Å². The van der Waals surface area contributed by atoms with Gasteiger partial charge in [0.2, 0.25) is 0 Å². The molecule has 0 spiro atoms. The van der Waals surface area contributed by atoms with Gasteiger partial charge in [-0.25, -0.2) is 0 Å². The molecule has 1 nitrogen and oxygen atoms in total. The van der Waals surface area contributed by atoms with Crippen molar-refractivity contribution in [2.75, 3.05) is 0 Å². The first kappa shape index (κ1) is 8.54. The van der Waals surface area contributed by atoms with Gasteiger partial charge in [-0.05, 0) is 17.0 Å². The summed E-state index contributed by atoms with van der Waals surface area (Å²) < 4.78 is 0. The topological polar surface area (TPSA) is 12.9 Å². The molecule has 0 aliphatic rings. The summed E-state index contributed by atoms with van der Waals surface area (Å²) in [6, 6.07) is 1.82. The van der Waals surface area contributed by atoms with Crippen molar-refractivity contribution in [3.63, 3.8) is 0 Å². The average molecular weight is 170 g/mol. The van der Waals surface area contributed by atoms with Gasteiger partial charge >= 0.3 is 0 Å². The minimum Gasteiger partial charge on any atom is -0.264 e. The van der Waals surface area contributed by atoms with Crippen molar-refractivity contribution in [3.05, 3.63) is 29.0 Å². The van der Waals surface area contributed by atoms with Crippen LogP contribution in [0.25, 0.3) is 0 Å². The second-order valence-electron chi connectivity index (χ2n) is 3.61. The first-order valence-electron chi connectivity index (χ1n) is 3.62. The maximum atomic E-state index is 5.97. The molecule has 1 rings (SSSR count). The van der Waals surface area contributed by atoms with E-state index in [4.69, 9.17) is 11.6 Å². The summed E-state index contributed by atoms with van der Waals surface area (Å²) in [5, 5.41) is 0.799. The van der Waals surface area contributed by atoms with Gasteiger partial charge < -0.3 is 0 Å². The summed E-state index contributed by atoms with van der Waals surface area (Å²) in [6.45, 7) is 6.36. The van der Waals surface area contributed by atoms with Gasteiger partial charge in [0.1, 0.15) is 0 Å². The fourth-order valence-electron chi connectivity index (χ4n) is 0.929. The Kier molecular flexibility index (Phi) is 2.19. The van der Waals surface area contributed by atoms with Crippen LogP contribution < -0.4 is 0 Å². The second kappa shape index (κ2) is 2.82. The zero-order valence-electron chi connectivity index (χ0n) is 7.06. The van der Waals surface area contributed by atoms with Crippen LogP contribution in [0.5, 0.6) is 0 Å². The predicted molar refractivity (Wildman–Crippen MR) is 47.9 cm³/mol. The second-order valence-corrected chi connectivity index (χ2v) is 4.01. The highest BCUT2D eigenvalue weighted by Crippen LogP contribution is 2.27. The molecule has 0 aliphatic heterocycles. The fraction of sp³-hybridized carbons (Fsp3) is 0.444. The third-order valence-corrected chi connectivity index (χ3v) is 1.91. The molecule has 0 saturated heterocycles. The van der Waals surface area contributed by atoms with Crippen LogP contribution in [0.1, 0.15) is 26.3 Å². The third kappa shape index (κ3) is 1.93. The molecule has 0 saturated carbocycles. The Labute approximate surface area is 72.4 Å². The van der Waals surface area contributed by atoms with Gasteiger partial charge in [-0.2, -0.15) is 0 Å². The number of aromatic nitrogens is 1. The summed E-state index contributed by atoms with van der Waals surface area (Å²) in [5.41, 5.74) is 1.19. The summed E-state index contributed by atoms with van der Waals surface area (Å²) in [5.74, 6) is 0. The predicted octanol–water partition coefficient (Wildman–Crippen LogP) is 3.03. The quantitative estimate of drug-likeness (QED) is 0.582. The first-order valence-corrected chi connectivity index (χ1v) is 3.99. The van der Waals surface area contributed by atoms with Crippen molar-refractivity contribution in [3.8, 4) is 0 Å². The zero-order valence-corrected chi connectivity index (χ0v) is 7.81. The largest absolute Gasteiger partial charge is 0.264 e. The Bertz CT molecular complexity index is 250. The Morgan fingerprint density at radius 1 is 1.36 bits per heavy atom. The molecule has 0 bridgehead atoms. The lowest BCUT2D eigenvalue weighted by Crippen LogP contribution is -2.11. The number of rotatable bonds is 0. The van der Waals surface area contributed by atoms with Crippen LogP contribution in [0.15, 0.2) is 18.5 Å². The molecule has 11 heavy (non-hydrogen) atoms. The van der Waals surface area contributed by atoms with E-state index >= 15 is 0 Å². The number of hydrogen-bond donors (Lipinski definition) is 0. The molecule has 0 atom stereocenters. The van der Waals surface area contributed by atoms with E-state index in [-0.39, 0.29) is 5.41 Å². The van der Waals surface area contributed by atoms with Crippen LogP contribution in [-0.4, -0.2) is 4.98 Å². The summed E-state index contributed by atoms with van der Waals surface area (Å²) in [4.78, 5) is 4.03. The first-order chi connectivity index (χ1) is 5.02. The lowest BCUT2D eigenvalue weighted by molar-refractivity contribution is 0.588. The minimum absolute atomic E-state index is 0.0886. The van der Waals surface area contributed by atoms with E-state index in [2.05, 4.69) is 25.8 Å². The lowest BCUT2D eigenvalue weighted by Gasteiger charge is -2.19. The molecule has 0 aliphatic carbocycles. The standard InChI is InChI=1S/C9H12ClN/c1-9(2,3)7-6-11-5-4-8(7)10/h4-6H,1-3H3. The van der Waals surface area contributed by atoms with Gasteiger partial charge in [-0.15, -0.1) is 0 Å². The number of pyridine rings is 1. The summed E-state index contributed by atoms with van der Waals surface area (Å²) >= 11 is 5.97. The highest BCUT2D eigenvalue weighted by molar-refractivity contribution is 6.31. The molecule has 0 N–H and O–H groups in total. The zero-order chi connectivity index (χ0) is 8.48. The average Bonchev–Trinajstić information content (AvgIpc) is 1.86. The van der Waals surface area contributed by atoms with Gasteiger partial charge in [0, 0.05) is 17.4 Å². The SMILES string of the molecule is CC(C)(C)c1cnccc1Cl. The third-order valence-electron chi connectivity index (χ3n) is 1.58. The van der Waals surface area contributed by atoms with Crippen molar-refractivity contribution in [1.29, 1.82) is 0 Å². The van der Waals surface area contributed by atoms with Crippen molar-refractivity contribution in [2.24, 2.45) is 0 Å². The smallest absolute Gasteiger partial charge is 0.0473 e. The van der Waals surface area contributed by atoms with Crippen molar-refractivity contribution >= 4 is 11.6 Å². The van der Waals surface area contributed by atoms with Crippen molar-refractivity contribution in [2.45, 2.75) is 26.2 Å². The molecule has 0 radical (unpaired) electrons. The van der Waals surface area contributed by atoms with E-state index in [9.17, 15) is 0 Å². The van der Waals surface area contributed by atoms with Crippen LogP contribution >= 0.6 is 11.6 Å². The molecular formula is C9H12ClN. The van der Waals surface area contributed by atoms with E-state index in [1.165, 1.54) is 0 Å². The van der Waals surface area contributed by atoms with Gasteiger partial charge in [0.15, 0.2) is 0 Å². The van der Waals surface area contributed by atoms with Gasteiger partial charge in [0.25, 0.3) is 0 Å². The Hall–Kier alpha value is -0.560. The van der Waals surface area contributed by atoms with E-state index in [0.29, 0.717) is 0 Å². The Morgan fingerprint density at radius 3 is 2.36 bits per heavy atom. The Morgan fingerprint density at radius 2 is 2.00 bits per heavy atom. The van der Waals surface area contributed by atoms with E-state index in [1.807, 2.05) is 12.3 Å². The molecular weight excluding hydrogens is 158 g/mol. The fourth-order valence-corrected chi connectivity index (χ4v) is 1.32. The Balaban J connectivity index is 3.14. The monoisotopic (exact) mass is 169 g/mol. The normalized spacial score (nSPS) is 11.6. The molecule has 1 heterocycles. The van der Waals surface area contributed by atoms with Gasteiger partial charge in [-0.1, -0.05) is 32.4 Å². The highest BCUT2D eigenvalue weighted by Gasteiger charge is 2.16. The van der Waals surface area contributed by atoms with Crippen LogP contribution in [-0.2, 0) is 5.41 Å². The van der Waals surface area contributed by atoms with E-state index in [0.717, 1.165) is 10.6 Å².